The second kappa shape index (κ2) is 8.40. The van der Waals surface area contributed by atoms with Crippen LogP contribution in [0.4, 0.5) is 5.82 Å². The highest BCUT2D eigenvalue weighted by molar-refractivity contribution is 7.10. The highest BCUT2D eigenvalue weighted by Gasteiger charge is 2.44. The maximum absolute atomic E-state index is 13.6. The molecule has 154 valence electrons. The molecule has 2 amide bonds. The van der Waals surface area contributed by atoms with Gasteiger partial charge < -0.3 is 10.2 Å². The van der Waals surface area contributed by atoms with E-state index in [1.165, 1.54) is 0 Å². The van der Waals surface area contributed by atoms with Gasteiger partial charge >= 0.3 is 0 Å². The lowest BCUT2D eigenvalue weighted by molar-refractivity contribution is -0.119. The van der Waals surface area contributed by atoms with Gasteiger partial charge in [-0.2, -0.15) is 0 Å². The number of hydrogen-bond acceptors (Lipinski definition) is 4. The first-order valence-corrected chi connectivity index (χ1v) is 11.0. The predicted molar refractivity (Wildman–Crippen MR) is 120 cm³/mol. The Morgan fingerprint density at radius 2 is 1.97 bits per heavy atom. The van der Waals surface area contributed by atoms with Crippen molar-refractivity contribution in [3.63, 3.8) is 0 Å². The van der Waals surface area contributed by atoms with E-state index in [0.717, 1.165) is 16.0 Å². The molecule has 0 radical (unpaired) electrons. The highest BCUT2D eigenvalue weighted by Crippen LogP contribution is 2.44. The molecule has 0 saturated heterocycles. The van der Waals surface area contributed by atoms with Crippen LogP contribution in [-0.2, 0) is 4.79 Å². The van der Waals surface area contributed by atoms with E-state index in [4.69, 9.17) is 0 Å². The molecular weight excluding hydrogens is 394 g/mol. The largest absolute Gasteiger partial charge is 0.329 e. The van der Waals surface area contributed by atoms with Crippen molar-refractivity contribution < 1.29 is 9.59 Å². The summed E-state index contributed by atoms with van der Waals surface area (Å²) in [5.74, 6) is 0.109. The third kappa shape index (κ3) is 3.87. The first kappa shape index (κ1) is 20.3. The Hall–Kier alpha value is -2.99. The van der Waals surface area contributed by atoms with E-state index < -0.39 is 5.92 Å². The summed E-state index contributed by atoms with van der Waals surface area (Å²) >= 11 is 1.58. The van der Waals surface area contributed by atoms with E-state index in [1.54, 1.807) is 23.6 Å². The zero-order chi connectivity index (χ0) is 21.3. The zero-order valence-corrected chi connectivity index (χ0v) is 18.1. The minimum atomic E-state index is -0.514. The molecule has 1 aromatic carbocycles. The van der Waals surface area contributed by atoms with Crippen molar-refractivity contribution in [2.24, 2.45) is 5.92 Å². The number of amides is 2. The fraction of sp³-hybridized carbons (Fsp3) is 0.292. The lowest BCUT2D eigenvalue weighted by Gasteiger charge is -2.41. The van der Waals surface area contributed by atoms with Crippen LogP contribution in [0.5, 0.6) is 0 Å². The van der Waals surface area contributed by atoms with Crippen LogP contribution in [0.3, 0.4) is 0 Å². The number of nitrogens with zero attached hydrogens (tertiary/aromatic N) is 2. The van der Waals surface area contributed by atoms with E-state index in [0.29, 0.717) is 17.9 Å². The van der Waals surface area contributed by atoms with Crippen LogP contribution in [0, 0.1) is 12.8 Å². The fourth-order valence-corrected chi connectivity index (χ4v) is 4.87. The normalized spacial score (nSPS) is 18.4. The third-order valence-electron chi connectivity index (χ3n) is 5.28. The number of nitrogens with one attached hydrogen (secondary N) is 1. The number of benzene rings is 1. The van der Waals surface area contributed by atoms with Crippen LogP contribution in [0.2, 0.25) is 0 Å². The second-order valence-electron chi connectivity index (χ2n) is 8.09. The summed E-state index contributed by atoms with van der Waals surface area (Å²) in [7, 11) is 0. The molecule has 4 rings (SSSR count). The van der Waals surface area contributed by atoms with Crippen LogP contribution in [0.1, 0.15) is 52.2 Å². The predicted octanol–water partition coefficient (Wildman–Crippen LogP) is 5.03. The van der Waals surface area contributed by atoms with Crippen LogP contribution in [0.25, 0.3) is 0 Å². The first-order valence-electron chi connectivity index (χ1n) is 10.1. The van der Waals surface area contributed by atoms with Gasteiger partial charge in [0.05, 0.1) is 12.0 Å². The summed E-state index contributed by atoms with van der Waals surface area (Å²) in [5.41, 5.74) is 2.40. The summed E-state index contributed by atoms with van der Waals surface area (Å²) in [4.78, 5) is 34.2. The Balaban J connectivity index is 1.80. The Morgan fingerprint density at radius 3 is 2.63 bits per heavy atom. The van der Waals surface area contributed by atoms with Gasteiger partial charge in [0.1, 0.15) is 5.82 Å². The number of fused-ring (bicyclic) bond motifs is 1. The van der Waals surface area contributed by atoms with Gasteiger partial charge in [-0.15, -0.1) is 11.3 Å². The number of aryl methyl sites for hydroxylation is 1. The zero-order valence-electron chi connectivity index (χ0n) is 17.3. The number of hydrogen-bond donors (Lipinski definition) is 1. The topological polar surface area (TPSA) is 62.3 Å². The van der Waals surface area contributed by atoms with E-state index >= 15 is 0 Å². The molecule has 0 saturated carbocycles. The van der Waals surface area contributed by atoms with Gasteiger partial charge in [0.15, 0.2) is 0 Å². The third-order valence-corrected chi connectivity index (χ3v) is 6.22. The minimum Gasteiger partial charge on any atom is -0.329 e. The Morgan fingerprint density at radius 1 is 1.17 bits per heavy atom. The van der Waals surface area contributed by atoms with Gasteiger partial charge in [-0.1, -0.05) is 44.2 Å². The van der Waals surface area contributed by atoms with E-state index in [2.05, 4.69) is 24.1 Å². The van der Waals surface area contributed by atoms with Crippen molar-refractivity contribution in [2.75, 3.05) is 11.9 Å². The molecule has 30 heavy (non-hydrogen) atoms. The molecule has 1 N–H and O–H groups in total. The summed E-state index contributed by atoms with van der Waals surface area (Å²) in [6.45, 7) is 6.72. The number of thiophene rings is 1. The average molecular weight is 420 g/mol. The Kier molecular flexibility index (Phi) is 5.68. The number of anilines is 1. The molecule has 6 heteroatoms. The van der Waals surface area contributed by atoms with Crippen LogP contribution in [-0.4, -0.2) is 28.2 Å². The van der Waals surface area contributed by atoms with Crippen molar-refractivity contribution >= 4 is 29.0 Å². The van der Waals surface area contributed by atoms with Gasteiger partial charge in [0.2, 0.25) is 5.91 Å². The molecule has 2 aromatic heterocycles. The van der Waals surface area contributed by atoms with Crippen molar-refractivity contribution in [2.45, 2.75) is 32.7 Å². The van der Waals surface area contributed by atoms with Crippen LogP contribution < -0.4 is 5.32 Å². The number of aromatic nitrogens is 1. The summed E-state index contributed by atoms with van der Waals surface area (Å²) < 4.78 is 0. The molecular formula is C24H25N3O2S. The van der Waals surface area contributed by atoms with E-state index in [9.17, 15) is 9.59 Å². The summed E-state index contributed by atoms with van der Waals surface area (Å²) in [6.07, 6.45) is 1.73. The van der Waals surface area contributed by atoms with Gasteiger partial charge in [-0.25, -0.2) is 4.98 Å². The van der Waals surface area contributed by atoms with Crippen LogP contribution in [0.15, 0.2) is 60.1 Å². The van der Waals surface area contributed by atoms with Gasteiger partial charge in [0.25, 0.3) is 5.91 Å². The number of carbonyl (C=O) groups is 2. The SMILES string of the molecule is Cc1ccc(NC(=O)[C@@H]2c3ccccc3C(=O)N(CC(C)C)[C@H]2c2cccs2)nc1. The molecule has 1 aliphatic rings. The minimum absolute atomic E-state index is 0.0183. The lowest BCUT2D eigenvalue weighted by Crippen LogP contribution is -2.47. The molecule has 0 fully saturated rings. The van der Waals surface area contributed by atoms with E-state index in [1.807, 2.05) is 59.7 Å². The molecule has 0 spiro atoms. The first-order chi connectivity index (χ1) is 14.5. The molecule has 3 heterocycles. The van der Waals surface area contributed by atoms with Gasteiger partial charge in [0, 0.05) is 23.2 Å². The van der Waals surface area contributed by atoms with Crippen LogP contribution >= 0.6 is 11.3 Å². The molecule has 3 aromatic rings. The molecule has 1 aliphatic heterocycles. The molecule has 0 bridgehead atoms. The number of carbonyl (C=O) groups excluding carboxylic acids is 2. The maximum atomic E-state index is 13.6. The van der Waals surface area contributed by atoms with Crippen molar-refractivity contribution in [3.8, 4) is 0 Å². The maximum Gasteiger partial charge on any atom is 0.254 e. The van der Waals surface area contributed by atoms with Gasteiger partial charge in [-0.3, -0.25) is 9.59 Å². The summed E-state index contributed by atoms with van der Waals surface area (Å²) in [6, 6.07) is 14.8. The molecule has 5 nitrogen and oxygen atoms in total. The highest BCUT2D eigenvalue weighted by atomic mass is 32.1. The van der Waals surface area contributed by atoms with Crippen molar-refractivity contribution in [1.29, 1.82) is 0 Å². The van der Waals surface area contributed by atoms with Gasteiger partial charge in [-0.05, 0) is 47.5 Å². The van der Waals surface area contributed by atoms with Crippen molar-refractivity contribution in [3.05, 3.63) is 81.7 Å². The summed E-state index contributed by atoms with van der Waals surface area (Å²) in [5, 5.41) is 4.97. The quantitative estimate of drug-likeness (QED) is 0.631. The fourth-order valence-electron chi connectivity index (χ4n) is 3.99. The smallest absolute Gasteiger partial charge is 0.254 e. The second-order valence-corrected chi connectivity index (χ2v) is 9.07. The number of rotatable bonds is 5. The number of pyridine rings is 1. The monoisotopic (exact) mass is 419 g/mol. The van der Waals surface area contributed by atoms with Crippen molar-refractivity contribution in [1.82, 2.24) is 9.88 Å². The lowest BCUT2D eigenvalue weighted by atomic mass is 9.81. The molecule has 0 unspecified atom stereocenters. The molecule has 0 aliphatic carbocycles. The Labute approximate surface area is 180 Å². The molecule has 2 atom stereocenters. The Bertz CT molecular complexity index is 1040. The van der Waals surface area contributed by atoms with E-state index in [-0.39, 0.29) is 23.8 Å². The average Bonchev–Trinajstić information content (AvgIpc) is 3.25. The standard InChI is InChI=1S/C24H25N3O2S/c1-15(2)14-27-22(19-9-6-12-30-19)21(17-7-4-5-8-18(17)24(27)29)23(28)26-20-11-10-16(3)13-25-20/h4-13,15,21-22H,14H2,1-3H3,(H,25,26,28)/t21-,22+/m1/s1.